The van der Waals surface area contributed by atoms with Crippen molar-refractivity contribution >= 4 is 28.4 Å². The number of fused-ring (bicyclic) bond motifs is 1. The molecule has 4 aromatic rings. The molecule has 0 bridgehead atoms. The van der Waals surface area contributed by atoms with Crippen LogP contribution in [-0.4, -0.2) is 49.2 Å². The van der Waals surface area contributed by atoms with Crippen LogP contribution in [0.15, 0.2) is 35.4 Å². The Morgan fingerprint density at radius 1 is 1.11 bits per heavy atom. The van der Waals surface area contributed by atoms with E-state index in [2.05, 4.69) is 47.0 Å². The maximum absolute atomic E-state index is 5.81. The average molecular weight is 390 g/mol. The van der Waals surface area contributed by atoms with Crippen molar-refractivity contribution in [1.82, 2.24) is 35.1 Å². The van der Waals surface area contributed by atoms with Gasteiger partial charge >= 0.3 is 0 Å². The first-order chi connectivity index (χ1) is 13.7. The molecule has 0 spiro atoms. The number of aromatic nitrogens is 7. The Bertz CT molecular complexity index is 1150. The molecule has 9 nitrogen and oxygen atoms in total. The van der Waals surface area contributed by atoms with Crippen molar-refractivity contribution in [1.29, 1.82) is 0 Å². The summed E-state index contributed by atoms with van der Waals surface area (Å²) < 4.78 is 5.81. The Balaban J connectivity index is 1.67. The van der Waals surface area contributed by atoms with E-state index >= 15 is 0 Å². The molecule has 138 valence electrons. The van der Waals surface area contributed by atoms with E-state index in [1.165, 1.54) is 11.3 Å². The second kappa shape index (κ2) is 7.89. The molecule has 0 aliphatic rings. The monoisotopic (exact) mass is 390 g/mol. The standard InChI is InChI=1S/C18H14N8OS/c1-26(2)18-20-8-12(24-25-18)5-6-15-17(27-9-13-10-28-11-21-13)23-14-4-3-7-19-16(14)22-15/h3-4,7-8,10-11H,9H2,1-2H3. The van der Waals surface area contributed by atoms with Gasteiger partial charge in [0.25, 0.3) is 0 Å². The Labute approximate surface area is 164 Å². The number of rotatable bonds is 4. The third-order valence-corrected chi connectivity index (χ3v) is 4.14. The van der Waals surface area contributed by atoms with Gasteiger partial charge < -0.3 is 9.64 Å². The highest BCUT2D eigenvalue weighted by Crippen LogP contribution is 2.18. The Hall–Kier alpha value is -3.71. The SMILES string of the molecule is CN(C)c1ncc(C#Cc2nc3ncccc3nc2OCc2cscn2)nn1. The van der Waals surface area contributed by atoms with Gasteiger partial charge in [-0.25, -0.2) is 24.9 Å². The van der Waals surface area contributed by atoms with Gasteiger partial charge in [0.05, 0.1) is 17.4 Å². The van der Waals surface area contributed by atoms with Gasteiger partial charge in [-0.3, -0.25) is 0 Å². The fourth-order valence-electron chi connectivity index (χ4n) is 2.17. The van der Waals surface area contributed by atoms with Crippen LogP contribution in [0.5, 0.6) is 5.88 Å². The molecule has 0 N–H and O–H groups in total. The zero-order valence-corrected chi connectivity index (χ0v) is 15.9. The van der Waals surface area contributed by atoms with Crippen molar-refractivity contribution in [2.45, 2.75) is 6.61 Å². The Kier molecular flexibility index (Phi) is 4.99. The van der Waals surface area contributed by atoms with Crippen LogP contribution < -0.4 is 9.64 Å². The second-order valence-corrected chi connectivity index (χ2v) is 6.50. The highest BCUT2D eigenvalue weighted by molar-refractivity contribution is 7.07. The first-order valence-corrected chi connectivity index (χ1v) is 9.15. The normalized spacial score (nSPS) is 10.4. The van der Waals surface area contributed by atoms with Crippen molar-refractivity contribution in [3.05, 3.63) is 52.5 Å². The predicted octanol–water partition coefficient (Wildman–Crippen LogP) is 1.71. The molecule has 0 atom stereocenters. The molecule has 0 unspecified atom stereocenters. The smallest absolute Gasteiger partial charge is 0.250 e. The van der Waals surface area contributed by atoms with Crippen molar-refractivity contribution in [2.24, 2.45) is 0 Å². The molecule has 0 aromatic carbocycles. The fourth-order valence-corrected chi connectivity index (χ4v) is 2.71. The van der Waals surface area contributed by atoms with Crippen LogP contribution in [0.1, 0.15) is 17.1 Å². The van der Waals surface area contributed by atoms with E-state index in [0.717, 1.165) is 5.69 Å². The summed E-state index contributed by atoms with van der Waals surface area (Å²) in [6.07, 6.45) is 3.21. The van der Waals surface area contributed by atoms with E-state index in [9.17, 15) is 0 Å². The van der Waals surface area contributed by atoms with E-state index in [0.29, 0.717) is 34.4 Å². The largest absolute Gasteiger partial charge is 0.469 e. The lowest BCUT2D eigenvalue weighted by atomic mass is 10.3. The van der Waals surface area contributed by atoms with Crippen LogP contribution in [0.4, 0.5) is 5.95 Å². The molecule has 10 heteroatoms. The number of hydrogen-bond donors (Lipinski definition) is 0. The van der Waals surface area contributed by atoms with Crippen LogP contribution in [0.2, 0.25) is 0 Å². The second-order valence-electron chi connectivity index (χ2n) is 5.78. The Morgan fingerprint density at radius 3 is 2.79 bits per heavy atom. The van der Waals surface area contributed by atoms with Gasteiger partial charge in [0.1, 0.15) is 12.1 Å². The van der Waals surface area contributed by atoms with Gasteiger partial charge in [-0.1, -0.05) is 0 Å². The molecule has 0 amide bonds. The molecule has 0 radical (unpaired) electrons. The summed E-state index contributed by atoms with van der Waals surface area (Å²) >= 11 is 1.50. The van der Waals surface area contributed by atoms with Gasteiger partial charge in [0.2, 0.25) is 11.8 Å². The third kappa shape index (κ3) is 3.99. The minimum atomic E-state index is 0.275. The van der Waals surface area contributed by atoms with Gasteiger partial charge in [-0.2, -0.15) is 0 Å². The molecule has 4 aromatic heterocycles. The fraction of sp³-hybridized carbons (Fsp3) is 0.167. The average Bonchev–Trinajstić information content (AvgIpc) is 3.24. The summed E-state index contributed by atoms with van der Waals surface area (Å²) in [5.41, 5.74) is 4.45. The molecule has 4 heterocycles. The van der Waals surface area contributed by atoms with Crippen molar-refractivity contribution in [3.8, 4) is 17.7 Å². The van der Waals surface area contributed by atoms with Crippen molar-refractivity contribution in [3.63, 3.8) is 0 Å². The molecule has 0 aliphatic carbocycles. The van der Waals surface area contributed by atoms with Crippen molar-refractivity contribution < 1.29 is 4.74 Å². The minimum Gasteiger partial charge on any atom is -0.469 e. The van der Waals surface area contributed by atoms with Crippen LogP contribution in [0, 0.1) is 11.8 Å². The van der Waals surface area contributed by atoms with Gasteiger partial charge in [0, 0.05) is 25.7 Å². The van der Waals surface area contributed by atoms with Crippen LogP contribution in [-0.2, 0) is 6.61 Å². The molecule has 0 aliphatic heterocycles. The van der Waals surface area contributed by atoms with Gasteiger partial charge in [0.15, 0.2) is 17.0 Å². The van der Waals surface area contributed by atoms with Crippen molar-refractivity contribution in [2.75, 3.05) is 19.0 Å². The van der Waals surface area contributed by atoms with E-state index in [-0.39, 0.29) is 6.61 Å². The summed E-state index contributed by atoms with van der Waals surface area (Å²) in [5.74, 6) is 6.65. The lowest BCUT2D eigenvalue weighted by Crippen LogP contribution is -2.13. The first kappa shape index (κ1) is 17.7. The summed E-state index contributed by atoms with van der Waals surface area (Å²) in [4.78, 5) is 23.3. The molecule has 28 heavy (non-hydrogen) atoms. The number of ether oxygens (including phenoxy) is 1. The number of anilines is 1. The van der Waals surface area contributed by atoms with Crippen LogP contribution >= 0.6 is 11.3 Å². The number of nitrogens with zero attached hydrogens (tertiary/aromatic N) is 8. The van der Waals surface area contributed by atoms with Crippen LogP contribution in [0.3, 0.4) is 0 Å². The third-order valence-electron chi connectivity index (χ3n) is 3.51. The number of thiazole rings is 1. The molecule has 0 fully saturated rings. The molecule has 0 saturated carbocycles. The number of hydrogen-bond acceptors (Lipinski definition) is 10. The van der Waals surface area contributed by atoms with E-state index in [1.807, 2.05) is 25.5 Å². The summed E-state index contributed by atoms with van der Waals surface area (Å²) in [6.45, 7) is 0.275. The highest BCUT2D eigenvalue weighted by Gasteiger charge is 2.10. The van der Waals surface area contributed by atoms with E-state index in [4.69, 9.17) is 4.74 Å². The number of pyridine rings is 1. The zero-order valence-electron chi connectivity index (χ0n) is 15.1. The molecular weight excluding hydrogens is 376 g/mol. The minimum absolute atomic E-state index is 0.275. The maximum Gasteiger partial charge on any atom is 0.250 e. The highest BCUT2D eigenvalue weighted by atomic mass is 32.1. The summed E-state index contributed by atoms with van der Waals surface area (Å²) in [5, 5.41) is 9.97. The topological polar surface area (TPSA) is 103 Å². The van der Waals surface area contributed by atoms with E-state index in [1.54, 1.807) is 28.9 Å². The quantitative estimate of drug-likeness (QED) is 0.482. The molecule has 4 rings (SSSR count). The summed E-state index contributed by atoms with van der Waals surface area (Å²) in [6, 6.07) is 3.61. The predicted molar refractivity (Wildman–Crippen MR) is 104 cm³/mol. The Morgan fingerprint density at radius 2 is 2.04 bits per heavy atom. The van der Waals surface area contributed by atoms with Gasteiger partial charge in [-0.15, -0.1) is 21.5 Å². The zero-order chi connectivity index (χ0) is 19.3. The lowest BCUT2D eigenvalue weighted by molar-refractivity contribution is 0.289. The first-order valence-electron chi connectivity index (χ1n) is 8.21. The van der Waals surface area contributed by atoms with Crippen LogP contribution in [0.25, 0.3) is 11.2 Å². The van der Waals surface area contributed by atoms with Gasteiger partial charge in [-0.05, 0) is 24.0 Å². The lowest BCUT2D eigenvalue weighted by Gasteiger charge is -2.07. The molecule has 0 saturated heterocycles. The molecular formula is C18H14N8OS. The maximum atomic E-state index is 5.81. The summed E-state index contributed by atoms with van der Waals surface area (Å²) in [7, 11) is 3.68. The van der Waals surface area contributed by atoms with E-state index < -0.39 is 0 Å².